The van der Waals surface area contributed by atoms with Gasteiger partial charge in [0.2, 0.25) is 0 Å². The quantitative estimate of drug-likeness (QED) is 0.504. The standard InChI is InChI=1S/C8H20O3SSi/c1-4-6-10-13(8-12,9-3)11-7-5-2/h12H,4-8H2,1-3H3. The average Bonchev–Trinajstić information content (AvgIpc) is 2.20. The van der Waals surface area contributed by atoms with Crippen molar-refractivity contribution in [3.05, 3.63) is 0 Å². The van der Waals surface area contributed by atoms with Crippen molar-refractivity contribution in [2.75, 3.05) is 25.7 Å². The van der Waals surface area contributed by atoms with Crippen molar-refractivity contribution in [3.8, 4) is 0 Å². The summed E-state index contributed by atoms with van der Waals surface area (Å²) in [5, 5.41) is 0.545. The summed E-state index contributed by atoms with van der Waals surface area (Å²) in [6.45, 7) is 5.50. The van der Waals surface area contributed by atoms with E-state index in [2.05, 4.69) is 26.5 Å². The molecule has 0 heterocycles. The summed E-state index contributed by atoms with van der Waals surface area (Å²) in [6.07, 6.45) is 1.95. The van der Waals surface area contributed by atoms with Gasteiger partial charge in [0.15, 0.2) is 0 Å². The molecule has 0 aromatic carbocycles. The summed E-state index contributed by atoms with van der Waals surface area (Å²) in [6, 6.07) is 0. The number of hydrogen-bond donors (Lipinski definition) is 1. The van der Waals surface area contributed by atoms with Crippen molar-refractivity contribution in [1.82, 2.24) is 0 Å². The van der Waals surface area contributed by atoms with Gasteiger partial charge in [-0.2, -0.15) is 12.6 Å². The predicted molar refractivity (Wildman–Crippen MR) is 59.1 cm³/mol. The van der Waals surface area contributed by atoms with E-state index in [1.54, 1.807) is 7.11 Å². The topological polar surface area (TPSA) is 27.7 Å². The Morgan fingerprint density at radius 2 is 1.54 bits per heavy atom. The van der Waals surface area contributed by atoms with Crippen LogP contribution in [0.4, 0.5) is 0 Å². The third kappa shape index (κ3) is 5.02. The third-order valence-electron chi connectivity index (χ3n) is 1.56. The van der Waals surface area contributed by atoms with Crippen LogP contribution in [-0.2, 0) is 13.3 Å². The van der Waals surface area contributed by atoms with Crippen LogP contribution < -0.4 is 0 Å². The van der Waals surface area contributed by atoms with Gasteiger partial charge < -0.3 is 13.3 Å². The molecule has 3 nitrogen and oxygen atoms in total. The Hall–Kier alpha value is 0.447. The van der Waals surface area contributed by atoms with Crippen LogP contribution in [0.3, 0.4) is 0 Å². The van der Waals surface area contributed by atoms with E-state index in [4.69, 9.17) is 13.3 Å². The van der Waals surface area contributed by atoms with Crippen molar-refractivity contribution in [1.29, 1.82) is 0 Å². The molecule has 0 aromatic rings. The first kappa shape index (κ1) is 13.4. The van der Waals surface area contributed by atoms with Crippen LogP contribution in [-0.4, -0.2) is 34.5 Å². The van der Waals surface area contributed by atoms with Crippen LogP contribution in [0.15, 0.2) is 0 Å². The van der Waals surface area contributed by atoms with E-state index in [9.17, 15) is 0 Å². The van der Waals surface area contributed by atoms with E-state index in [0.29, 0.717) is 18.6 Å². The van der Waals surface area contributed by atoms with Crippen molar-refractivity contribution >= 4 is 21.4 Å². The molecule has 0 amide bonds. The first-order valence-electron chi connectivity index (χ1n) is 4.68. The van der Waals surface area contributed by atoms with Gasteiger partial charge in [0.25, 0.3) is 0 Å². The zero-order valence-electron chi connectivity index (χ0n) is 8.71. The molecule has 0 N–H and O–H groups in total. The molecule has 0 spiro atoms. The minimum Gasteiger partial charge on any atom is -0.376 e. The van der Waals surface area contributed by atoms with E-state index in [1.165, 1.54) is 0 Å². The number of rotatable bonds is 8. The maximum absolute atomic E-state index is 5.60. The molecule has 5 heteroatoms. The molecule has 0 fully saturated rings. The first-order valence-corrected chi connectivity index (χ1v) is 7.25. The lowest BCUT2D eigenvalue weighted by Gasteiger charge is -2.26. The van der Waals surface area contributed by atoms with Crippen LogP contribution in [0, 0.1) is 0 Å². The van der Waals surface area contributed by atoms with Gasteiger partial charge in [0.1, 0.15) is 0 Å². The molecule has 80 valence electrons. The Morgan fingerprint density at radius 3 is 1.77 bits per heavy atom. The molecule has 0 unspecified atom stereocenters. The fraction of sp³-hybridized carbons (Fsp3) is 1.00. The second kappa shape index (κ2) is 7.81. The van der Waals surface area contributed by atoms with Gasteiger partial charge in [-0.05, 0) is 12.8 Å². The van der Waals surface area contributed by atoms with Crippen LogP contribution in [0.1, 0.15) is 26.7 Å². The Bertz CT molecular complexity index is 110. The first-order chi connectivity index (χ1) is 6.24. The Labute approximate surface area is 87.5 Å². The highest BCUT2D eigenvalue weighted by Crippen LogP contribution is 2.11. The zero-order chi connectivity index (χ0) is 10.2. The molecule has 0 aliphatic carbocycles. The summed E-state index contributed by atoms with van der Waals surface area (Å²) in [5.74, 6) is 0. The molecule has 0 saturated carbocycles. The molecule has 0 aromatic heterocycles. The summed E-state index contributed by atoms with van der Waals surface area (Å²) in [5.41, 5.74) is 0. The van der Waals surface area contributed by atoms with Gasteiger partial charge in [-0.25, -0.2) is 0 Å². The molecule has 0 bridgehead atoms. The largest absolute Gasteiger partial charge is 0.510 e. The van der Waals surface area contributed by atoms with Crippen LogP contribution in [0.2, 0.25) is 0 Å². The summed E-state index contributed by atoms with van der Waals surface area (Å²) < 4.78 is 16.5. The fourth-order valence-corrected chi connectivity index (χ4v) is 3.43. The lowest BCUT2D eigenvalue weighted by Crippen LogP contribution is -2.47. The Kier molecular flexibility index (Phi) is 8.08. The van der Waals surface area contributed by atoms with Crippen molar-refractivity contribution in [2.24, 2.45) is 0 Å². The lowest BCUT2D eigenvalue weighted by molar-refractivity contribution is 0.0835. The number of hydrogen-bond acceptors (Lipinski definition) is 4. The molecular weight excluding hydrogens is 204 g/mol. The molecule has 0 radical (unpaired) electrons. The van der Waals surface area contributed by atoms with E-state index in [0.717, 1.165) is 12.8 Å². The van der Waals surface area contributed by atoms with Gasteiger partial charge in [-0.1, -0.05) is 13.8 Å². The van der Waals surface area contributed by atoms with E-state index < -0.39 is 8.80 Å². The van der Waals surface area contributed by atoms with Gasteiger partial charge in [0, 0.05) is 20.3 Å². The van der Waals surface area contributed by atoms with Crippen LogP contribution in [0.5, 0.6) is 0 Å². The Morgan fingerprint density at radius 1 is 1.08 bits per heavy atom. The second-order valence-electron chi connectivity index (χ2n) is 2.74. The van der Waals surface area contributed by atoms with Gasteiger partial charge in [-0.15, -0.1) is 0 Å². The monoisotopic (exact) mass is 224 g/mol. The second-order valence-corrected chi connectivity index (χ2v) is 6.36. The molecule has 13 heavy (non-hydrogen) atoms. The van der Waals surface area contributed by atoms with Crippen LogP contribution >= 0.6 is 12.6 Å². The van der Waals surface area contributed by atoms with Crippen molar-refractivity contribution < 1.29 is 13.3 Å². The predicted octanol–water partition coefficient (Wildman–Crippen LogP) is 1.89. The fourth-order valence-electron chi connectivity index (χ4n) is 0.830. The molecular formula is C8H20O3SSi. The van der Waals surface area contributed by atoms with E-state index in [1.807, 2.05) is 0 Å². The molecule has 0 aliphatic heterocycles. The Balaban J connectivity index is 3.97. The van der Waals surface area contributed by atoms with Gasteiger partial charge in [-0.3, -0.25) is 0 Å². The molecule has 0 saturated heterocycles. The minimum atomic E-state index is -2.42. The maximum Gasteiger partial charge on any atom is 0.510 e. The third-order valence-corrected chi connectivity index (χ3v) is 5.02. The van der Waals surface area contributed by atoms with E-state index >= 15 is 0 Å². The zero-order valence-corrected chi connectivity index (χ0v) is 10.6. The highest BCUT2D eigenvalue weighted by atomic mass is 32.1. The van der Waals surface area contributed by atoms with Crippen molar-refractivity contribution in [3.63, 3.8) is 0 Å². The molecule has 0 atom stereocenters. The highest BCUT2D eigenvalue weighted by Gasteiger charge is 2.38. The summed E-state index contributed by atoms with van der Waals surface area (Å²) in [7, 11) is -0.788. The summed E-state index contributed by atoms with van der Waals surface area (Å²) in [4.78, 5) is 0. The smallest absolute Gasteiger partial charge is 0.376 e. The van der Waals surface area contributed by atoms with Crippen LogP contribution in [0.25, 0.3) is 0 Å². The maximum atomic E-state index is 5.60. The van der Waals surface area contributed by atoms with Crippen molar-refractivity contribution in [2.45, 2.75) is 26.7 Å². The summed E-state index contributed by atoms with van der Waals surface area (Å²) >= 11 is 4.21. The number of thiol groups is 1. The minimum absolute atomic E-state index is 0.545. The molecule has 0 rings (SSSR count). The normalized spacial score (nSPS) is 12.0. The lowest BCUT2D eigenvalue weighted by atomic mass is 10.5. The average molecular weight is 224 g/mol. The molecule has 0 aliphatic rings. The SMILES string of the molecule is CCCO[Si](CS)(OC)OCCC. The van der Waals surface area contributed by atoms with Gasteiger partial charge in [0.05, 0.1) is 5.38 Å². The van der Waals surface area contributed by atoms with Gasteiger partial charge >= 0.3 is 8.80 Å². The highest BCUT2D eigenvalue weighted by molar-refractivity contribution is 7.82. The van der Waals surface area contributed by atoms with E-state index in [-0.39, 0.29) is 0 Å².